The molecule has 2 aliphatic rings. The van der Waals surface area contributed by atoms with Crippen molar-refractivity contribution in [1.29, 1.82) is 0 Å². The number of piperidine rings is 1. The third-order valence-corrected chi connectivity index (χ3v) is 7.95. The molecule has 1 saturated heterocycles. The molecule has 0 aliphatic carbocycles. The average Bonchev–Trinajstić information content (AvgIpc) is 3.37. The molecule has 1 spiro atoms. The molecule has 5 rings (SSSR count). The van der Waals surface area contributed by atoms with Crippen LogP contribution in [-0.4, -0.2) is 64.9 Å². The number of hydrogen-bond donors (Lipinski definition) is 1. The number of fused-ring (bicyclic) bond motifs is 4. The van der Waals surface area contributed by atoms with Crippen LogP contribution in [0.3, 0.4) is 0 Å². The van der Waals surface area contributed by atoms with Crippen LogP contribution in [0.4, 0.5) is 0 Å². The highest BCUT2D eigenvalue weighted by atomic mass is 32.1. The molecule has 0 saturated carbocycles. The average molecular weight is 427 g/mol. The van der Waals surface area contributed by atoms with Crippen molar-refractivity contribution in [2.45, 2.75) is 30.8 Å². The number of hydrogen-bond acceptors (Lipinski definition) is 6. The Labute approximate surface area is 181 Å². The molecule has 0 amide bonds. The maximum atomic E-state index is 10.5. The molecule has 7 heteroatoms. The Morgan fingerprint density at radius 3 is 2.73 bits per heavy atom. The lowest BCUT2D eigenvalue weighted by molar-refractivity contribution is 0.0455. The van der Waals surface area contributed by atoms with E-state index in [1.165, 1.54) is 22.2 Å². The lowest BCUT2D eigenvalue weighted by Gasteiger charge is -2.50. The van der Waals surface area contributed by atoms with Gasteiger partial charge in [-0.15, -0.1) is 11.3 Å². The Kier molecular flexibility index (Phi) is 5.09. The monoisotopic (exact) mass is 426 g/mol. The van der Waals surface area contributed by atoms with Crippen molar-refractivity contribution in [2.24, 2.45) is 7.05 Å². The van der Waals surface area contributed by atoms with Crippen LogP contribution in [0.15, 0.2) is 29.8 Å². The Hall–Kier alpha value is -1.93. The lowest BCUT2D eigenvalue weighted by Crippen LogP contribution is -2.53. The molecular weight excluding hydrogens is 396 g/mol. The summed E-state index contributed by atoms with van der Waals surface area (Å²) in [6.45, 7) is 4.05. The van der Waals surface area contributed by atoms with Gasteiger partial charge in [-0.2, -0.15) is 0 Å². The number of nitrogens with zero attached hydrogens (tertiary/aromatic N) is 4. The van der Waals surface area contributed by atoms with Crippen LogP contribution in [0.25, 0.3) is 10.9 Å². The maximum absolute atomic E-state index is 10.5. The highest BCUT2D eigenvalue weighted by molar-refractivity contribution is 7.09. The Balaban J connectivity index is 1.70. The number of aliphatic hydroxyl groups is 1. The van der Waals surface area contributed by atoms with E-state index in [1.807, 2.05) is 11.6 Å². The second-order valence-electron chi connectivity index (χ2n) is 8.82. The fourth-order valence-electron chi connectivity index (χ4n) is 5.59. The number of ether oxygens (including phenoxy) is 1. The quantitative estimate of drug-likeness (QED) is 0.695. The number of aliphatic hydroxyl groups excluding tert-OH is 1. The number of aryl methyl sites for hydroxylation is 1. The number of thiazole rings is 1. The second-order valence-corrected chi connectivity index (χ2v) is 9.79. The molecule has 160 valence electrons. The summed E-state index contributed by atoms with van der Waals surface area (Å²) in [5.41, 5.74) is 3.99. The van der Waals surface area contributed by atoms with Gasteiger partial charge >= 0.3 is 0 Å². The van der Waals surface area contributed by atoms with Crippen molar-refractivity contribution in [3.05, 3.63) is 46.0 Å². The molecule has 3 aromatic rings. The molecule has 2 aliphatic heterocycles. The third kappa shape index (κ3) is 3.07. The van der Waals surface area contributed by atoms with E-state index in [-0.39, 0.29) is 18.1 Å². The molecule has 1 aromatic carbocycles. The van der Waals surface area contributed by atoms with Gasteiger partial charge in [0.15, 0.2) is 0 Å². The second kappa shape index (κ2) is 7.64. The fraction of sp³-hybridized carbons (Fsp3) is 0.522. The Morgan fingerprint density at radius 2 is 2.07 bits per heavy atom. The van der Waals surface area contributed by atoms with E-state index in [2.05, 4.69) is 51.6 Å². The summed E-state index contributed by atoms with van der Waals surface area (Å²) in [5.74, 6) is 0.873. The highest BCUT2D eigenvalue weighted by Gasteiger charge is 2.47. The van der Waals surface area contributed by atoms with Gasteiger partial charge in [0.2, 0.25) is 0 Å². The van der Waals surface area contributed by atoms with Gasteiger partial charge in [-0.1, -0.05) is 0 Å². The van der Waals surface area contributed by atoms with Crippen molar-refractivity contribution in [3.63, 3.8) is 0 Å². The van der Waals surface area contributed by atoms with Crippen LogP contribution >= 0.6 is 11.3 Å². The van der Waals surface area contributed by atoms with Gasteiger partial charge in [0.1, 0.15) is 10.8 Å². The van der Waals surface area contributed by atoms with Crippen LogP contribution in [0.1, 0.15) is 35.1 Å². The van der Waals surface area contributed by atoms with Crippen LogP contribution in [-0.2, 0) is 19.0 Å². The number of aromatic nitrogens is 2. The smallest absolute Gasteiger partial charge is 0.120 e. The van der Waals surface area contributed by atoms with E-state index in [0.717, 1.165) is 49.8 Å². The van der Waals surface area contributed by atoms with Gasteiger partial charge in [0, 0.05) is 47.7 Å². The van der Waals surface area contributed by atoms with E-state index in [4.69, 9.17) is 4.74 Å². The standard InChI is InChI=1S/C23H30N4O2S/c1-25-9-6-23(7-10-25)15-27(13-20-24-8-11-30-20)19(14-28)22-21(23)17-5-4-16(29-3)12-18(17)26(22)2/h4-5,8,11-12,19,28H,6-7,9-10,13-15H2,1-3H3/t19-/m1/s1. The Morgan fingerprint density at radius 1 is 1.27 bits per heavy atom. The predicted molar refractivity (Wildman–Crippen MR) is 120 cm³/mol. The third-order valence-electron chi connectivity index (χ3n) is 7.18. The van der Waals surface area contributed by atoms with Crippen molar-refractivity contribution >= 4 is 22.2 Å². The first-order valence-corrected chi connectivity index (χ1v) is 11.5. The molecule has 4 heterocycles. The summed E-state index contributed by atoms with van der Waals surface area (Å²) in [4.78, 5) is 9.43. The first-order chi connectivity index (χ1) is 14.6. The fourth-order valence-corrected chi connectivity index (χ4v) is 6.23. The molecule has 0 bridgehead atoms. The number of rotatable bonds is 4. The zero-order valence-electron chi connectivity index (χ0n) is 18.0. The largest absolute Gasteiger partial charge is 0.497 e. The summed E-state index contributed by atoms with van der Waals surface area (Å²) >= 11 is 1.69. The summed E-state index contributed by atoms with van der Waals surface area (Å²) < 4.78 is 7.81. The van der Waals surface area contributed by atoms with Crippen LogP contribution in [0.5, 0.6) is 5.75 Å². The molecule has 30 heavy (non-hydrogen) atoms. The maximum Gasteiger partial charge on any atom is 0.120 e. The van der Waals surface area contributed by atoms with Crippen molar-refractivity contribution in [3.8, 4) is 5.75 Å². The van der Waals surface area contributed by atoms with E-state index >= 15 is 0 Å². The molecule has 6 nitrogen and oxygen atoms in total. The zero-order valence-corrected chi connectivity index (χ0v) is 18.8. The minimum Gasteiger partial charge on any atom is -0.497 e. The normalized spacial score (nSPS) is 21.9. The van der Waals surface area contributed by atoms with Gasteiger partial charge in [-0.05, 0) is 50.7 Å². The van der Waals surface area contributed by atoms with E-state index in [9.17, 15) is 5.11 Å². The van der Waals surface area contributed by atoms with E-state index < -0.39 is 0 Å². The molecular formula is C23H30N4O2S. The van der Waals surface area contributed by atoms with Gasteiger partial charge < -0.3 is 19.3 Å². The zero-order chi connectivity index (χ0) is 20.9. The molecule has 1 atom stereocenters. The molecule has 2 aromatic heterocycles. The first-order valence-electron chi connectivity index (χ1n) is 10.6. The molecule has 1 N–H and O–H groups in total. The van der Waals surface area contributed by atoms with Crippen molar-refractivity contribution < 1.29 is 9.84 Å². The van der Waals surface area contributed by atoms with Crippen LogP contribution < -0.4 is 4.74 Å². The van der Waals surface area contributed by atoms with E-state index in [1.54, 1.807) is 18.4 Å². The van der Waals surface area contributed by atoms with Crippen LogP contribution in [0, 0.1) is 0 Å². The number of methoxy groups -OCH3 is 1. The van der Waals surface area contributed by atoms with Crippen molar-refractivity contribution in [2.75, 3.05) is 40.4 Å². The van der Waals surface area contributed by atoms with E-state index in [0.29, 0.717) is 0 Å². The van der Waals surface area contributed by atoms with Gasteiger partial charge in [-0.3, -0.25) is 4.90 Å². The summed E-state index contributed by atoms with van der Waals surface area (Å²) in [7, 11) is 6.07. The SMILES string of the molecule is COc1ccc2c3c(n(C)c2c1)[C@@H](CO)N(Cc1nccs1)CC31CCN(C)CC1. The molecule has 1 fully saturated rings. The summed E-state index contributed by atoms with van der Waals surface area (Å²) in [6, 6.07) is 6.40. The van der Waals surface area contributed by atoms with Gasteiger partial charge in [-0.25, -0.2) is 4.98 Å². The van der Waals surface area contributed by atoms with Gasteiger partial charge in [0.05, 0.1) is 31.8 Å². The highest BCUT2D eigenvalue weighted by Crippen LogP contribution is 2.50. The first kappa shape index (κ1) is 20.0. The lowest BCUT2D eigenvalue weighted by atomic mass is 9.68. The van der Waals surface area contributed by atoms with Gasteiger partial charge in [0.25, 0.3) is 0 Å². The molecule has 0 unspecified atom stereocenters. The molecule has 0 radical (unpaired) electrons. The van der Waals surface area contributed by atoms with Crippen LogP contribution in [0.2, 0.25) is 0 Å². The predicted octanol–water partition coefficient (Wildman–Crippen LogP) is 3.16. The summed E-state index contributed by atoms with van der Waals surface area (Å²) in [5, 5.41) is 15.0. The Bertz CT molecular complexity index is 1040. The number of likely N-dealkylation sites (tertiary alicyclic amines) is 1. The number of benzene rings is 1. The topological polar surface area (TPSA) is 53.8 Å². The van der Waals surface area contributed by atoms with Crippen molar-refractivity contribution in [1.82, 2.24) is 19.4 Å². The minimum absolute atomic E-state index is 0.0300. The minimum atomic E-state index is -0.0300. The summed E-state index contributed by atoms with van der Waals surface area (Å²) in [6.07, 6.45) is 4.14.